The van der Waals surface area contributed by atoms with Gasteiger partial charge in [-0.25, -0.2) is 0 Å². The summed E-state index contributed by atoms with van der Waals surface area (Å²) in [6.07, 6.45) is 4.54. The molecule has 1 saturated carbocycles. The molecule has 0 spiro atoms. The highest BCUT2D eigenvalue weighted by Crippen LogP contribution is 2.48. The van der Waals surface area contributed by atoms with Crippen molar-refractivity contribution in [1.82, 2.24) is 9.78 Å². The summed E-state index contributed by atoms with van der Waals surface area (Å²) in [4.78, 5) is 0. The van der Waals surface area contributed by atoms with Crippen molar-refractivity contribution < 1.29 is 0 Å². The molecule has 0 aliphatic heterocycles. The number of benzene rings is 1. The van der Waals surface area contributed by atoms with Gasteiger partial charge in [-0.2, -0.15) is 17.7 Å². The topological polar surface area (TPSA) is 17.8 Å². The largest absolute Gasteiger partial charge is 0.264 e. The van der Waals surface area contributed by atoms with Crippen molar-refractivity contribution in [1.29, 1.82) is 0 Å². The molecular weight excluding hydrogens is 204 g/mol. The molecule has 2 nitrogen and oxygen atoms in total. The molecule has 3 rings (SSSR count). The second kappa shape index (κ2) is 3.27. The SMILES string of the molecule is SCC1(Cn2ncc3ccccc32)CC1. The summed E-state index contributed by atoms with van der Waals surface area (Å²) in [5, 5.41) is 5.68. The van der Waals surface area contributed by atoms with E-state index in [1.54, 1.807) is 0 Å². The van der Waals surface area contributed by atoms with Gasteiger partial charge in [0.05, 0.1) is 11.7 Å². The lowest BCUT2D eigenvalue weighted by Crippen LogP contribution is -2.14. The van der Waals surface area contributed by atoms with E-state index >= 15 is 0 Å². The van der Waals surface area contributed by atoms with E-state index in [9.17, 15) is 0 Å². The van der Waals surface area contributed by atoms with Crippen molar-refractivity contribution in [3.05, 3.63) is 30.5 Å². The molecule has 78 valence electrons. The van der Waals surface area contributed by atoms with E-state index in [0.717, 1.165) is 12.3 Å². The minimum Gasteiger partial charge on any atom is -0.264 e. The molecule has 0 saturated heterocycles. The normalized spacial score (nSPS) is 18.2. The monoisotopic (exact) mass is 218 g/mol. The first-order valence-electron chi connectivity index (χ1n) is 5.34. The molecule has 0 amide bonds. The zero-order valence-corrected chi connectivity index (χ0v) is 9.45. The van der Waals surface area contributed by atoms with Crippen molar-refractivity contribution in [3.63, 3.8) is 0 Å². The van der Waals surface area contributed by atoms with Crippen LogP contribution < -0.4 is 0 Å². The Morgan fingerprint density at radius 3 is 2.87 bits per heavy atom. The van der Waals surface area contributed by atoms with Crippen LogP contribution in [0.15, 0.2) is 30.5 Å². The fraction of sp³-hybridized carbons (Fsp3) is 0.417. The lowest BCUT2D eigenvalue weighted by Gasteiger charge is -2.12. The summed E-state index contributed by atoms with van der Waals surface area (Å²) >= 11 is 4.43. The van der Waals surface area contributed by atoms with Gasteiger partial charge in [0.1, 0.15) is 0 Å². The molecule has 1 aromatic carbocycles. The first-order valence-corrected chi connectivity index (χ1v) is 5.98. The fourth-order valence-corrected chi connectivity index (χ4v) is 2.43. The Balaban J connectivity index is 1.98. The Bertz CT molecular complexity index is 485. The summed E-state index contributed by atoms with van der Waals surface area (Å²) in [5.74, 6) is 0.973. The van der Waals surface area contributed by atoms with Gasteiger partial charge in [-0.1, -0.05) is 18.2 Å². The van der Waals surface area contributed by atoms with E-state index in [1.807, 2.05) is 6.20 Å². The molecule has 2 aromatic rings. The van der Waals surface area contributed by atoms with E-state index in [1.165, 1.54) is 23.7 Å². The van der Waals surface area contributed by atoms with Crippen LogP contribution in [-0.2, 0) is 6.54 Å². The van der Waals surface area contributed by atoms with Gasteiger partial charge in [0.25, 0.3) is 0 Å². The predicted molar refractivity (Wildman–Crippen MR) is 65.3 cm³/mol. The van der Waals surface area contributed by atoms with Crippen molar-refractivity contribution in [2.45, 2.75) is 19.4 Å². The number of nitrogens with zero attached hydrogens (tertiary/aromatic N) is 2. The first-order chi connectivity index (χ1) is 7.33. The first kappa shape index (κ1) is 9.28. The van der Waals surface area contributed by atoms with Crippen LogP contribution in [0, 0.1) is 5.41 Å². The molecule has 15 heavy (non-hydrogen) atoms. The Hall–Kier alpha value is -0.960. The van der Waals surface area contributed by atoms with E-state index in [2.05, 4.69) is 46.7 Å². The summed E-state index contributed by atoms with van der Waals surface area (Å²) in [6, 6.07) is 8.37. The maximum absolute atomic E-state index is 4.45. The van der Waals surface area contributed by atoms with Crippen LogP contribution in [0.4, 0.5) is 0 Å². The fourth-order valence-electron chi connectivity index (χ4n) is 2.01. The Labute approximate surface area is 94.7 Å². The zero-order valence-electron chi connectivity index (χ0n) is 8.56. The van der Waals surface area contributed by atoms with Crippen molar-refractivity contribution in [2.24, 2.45) is 5.41 Å². The molecule has 0 N–H and O–H groups in total. The van der Waals surface area contributed by atoms with Gasteiger partial charge in [0, 0.05) is 11.9 Å². The maximum atomic E-state index is 4.45. The third-order valence-corrected chi connectivity index (χ3v) is 4.00. The molecule has 1 aromatic heterocycles. The van der Waals surface area contributed by atoms with Gasteiger partial charge in [0.15, 0.2) is 0 Å². The summed E-state index contributed by atoms with van der Waals surface area (Å²) < 4.78 is 2.12. The third kappa shape index (κ3) is 1.55. The molecule has 0 atom stereocenters. The summed E-state index contributed by atoms with van der Waals surface area (Å²) in [6.45, 7) is 1.02. The standard InChI is InChI=1S/C12H14N2S/c15-9-12(5-6-12)8-14-11-4-2-1-3-10(11)7-13-14/h1-4,7,15H,5-6,8-9H2. The smallest absolute Gasteiger partial charge is 0.0682 e. The average molecular weight is 218 g/mol. The minimum absolute atomic E-state index is 0.428. The van der Waals surface area contributed by atoms with Gasteiger partial charge in [-0.15, -0.1) is 0 Å². The van der Waals surface area contributed by atoms with E-state index in [0.29, 0.717) is 5.41 Å². The van der Waals surface area contributed by atoms with E-state index in [4.69, 9.17) is 0 Å². The Kier molecular flexibility index (Phi) is 2.02. The second-order valence-electron chi connectivity index (χ2n) is 4.52. The molecule has 0 radical (unpaired) electrons. The van der Waals surface area contributed by atoms with Crippen LogP contribution >= 0.6 is 12.6 Å². The van der Waals surface area contributed by atoms with Gasteiger partial charge in [0.2, 0.25) is 0 Å². The summed E-state index contributed by atoms with van der Waals surface area (Å²) in [7, 11) is 0. The lowest BCUT2D eigenvalue weighted by molar-refractivity contribution is 0.451. The van der Waals surface area contributed by atoms with Crippen LogP contribution in [0.25, 0.3) is 10.9 Å². The highest BCUT2D eigenvalue weighted by Gasteiger charge is 2.41. The molecule has 1 aliphatic carbocycles. The van der Waals surface area contributed by atoms with Crippen molar-refractivity contribution in [2.75, 3.05) is 5.75 Å². The number of hydrogen-bond acceptors (Lipinski definition) is 2. The van der Waals surface area contributed by atoms with E-state index < -0.39 is 0 Å². The predicted octanol–water partition coefficient (Wildman–Crippen LogP) is 2.75. The van der Waals surface area contributed by atoms with E-state index in [-0.39, 0.29) is 0 Å². The highest BCUT2D eigenvalue weighted by atomic mass is 32.1. The highest BCUT2D eigenvalue weighted by molar-refractivity contribution is 7.80. The molecule has 1 fully saturated rings. The van der Waals surface area contributed by atoms with Gasteiger partial charge < -0.3 is 0 Å². The van der Waals surface area contributed by atoms with Crippen LogP contribution in [0.3, 0.4) is 0 Å². The molecular formula is C12H14N2S. The van der Waals surface area contributed by atoms with Crippen LogP contribution in [-0.4, -0.2) is 15.5 Å². The molecule has 3 heteroatoms. The zero-order chi connectivity index (χ0) is 10.3. The molecule has 1 aliphatic rings. The number of aromatic nitrogens is 2. The molecule has 0 unspecified atom stereocenters. The van der Waals surface area contributed by atoms with Crippen molar-refractivity contribution in [3.8, 4) is 0 Å². The number of rotatable bonds is 3. The molecule has 1 heterocycles. The lowest BCUT2D eigenvalue weighted by atomic mass is 10.1. The molecule has 0 bridgehead atoms. The van der Waals surface area contributed by atoms with Gasteiger partial charge in [-0.05, 0) is 30.1 Å². The van der Waals surface area contributed by atoms with Crippen LogP contribution in [0.2, 0.25) is 0 Å². The minimum atomic E-state index is 0.428. The quantitative estimate of drug-likeness (QED) is 0.784. The summed E-state index contributed by atoms with van der Waals surface area (Å²) in [5.41, 5.74) is 1.67. The maximum Gasteiger partial charge on any atom is 0.0682 e. The van der Waals surface area contributed by atoms with Gasteiger partial charge in [-0.3, -0.25) is 4.68 Å². The average Bonchev–Trinajstić information content (AvgIpc) is 2.95. The third-order valence-electron chi connectivity index (χ3n) is 3.33. The number of para-hydroxylation sites is 1. The number of thiol groups is 1. The van der Waals surface area contributed by atoms with Crippen LogP contribution in [0.5, 0.6) is 0 Å². The van der Waals surface area contributed by atoms with Crippen LogP contribution in [0.1, 0.15) is 12.8 Å². The number of hydrogen-bond donors (Lipinski definition) is 1. The Morgan fingerprint density at radius 1 is 1.33 bits per heavy atom. The Morgan fingerprint density at radius 2 is 2.13 bits per heavy atom. The van der Waals surface area contributed by atoms with Gasteiger partial charge >= 0.3 is 0 Å². The van der Waals surface area contributed by atoms with Crippen molar-refractivity contribution >= 4 is 23.5 Å². The second-order valence-corrected chi connectivity index (χ2v) is 4.84. The number of fused-ring (bicyclic) bond motifs is 1.